The molecule has 1 aliphatic heterocycles. The van der Waals surface area contributed by atoms with E-state index in [9.17, 15) is 14.4 Å². The largest absolute Gasteiger partial charge is 0.496 e. The van der Waals surface area contributed by atoms with Crippen molar-refractivity contribution in [2.75, 3.05) is 7.11 Å². The van der Waals surface area contributed by atoms with E-state index >= 15 is 0 Å². The van der Waals surface area contributed by atoms with Crippen LogP contribution >= 0.6 is 0 Å². The van der Waals surface area contributed by atoms with Gasteiger partial charge in [-0.2, -0.15) is 0 Å². The van der Waals surface area contributed by atoms with Crippen LogP contribution in [0.5, 0.6) is 5.75 Å². The molecular weight excluding hydrogens is 482 g/mol. The molecule has 0 aromatic heterocycles. The summed E-state index contributed by atoms with van der Waals surface area (Å²) < 4.78 is 11.2. The molecule has 0 saturated carbocycles. The van der Waals surface area contributed by atoms with Crippen molar-refractivity contribution in [3.63, 3.8) is 0 Å². The van der Waals surface area contributed by atoms with Gasteiger partial charge in [0.05, 0.1) is 18.9 Å². The normalized spacial score (nSPS) is 18.9. The first-order chi connectivity index (χ1) is 17.8. The molecule has 0 radical (unpaired) electrons. The summed E-state index contributed by atoms with van der Waals surface area (Å²) in [5.74, 6) is 0.395. The molecule has 4 atom stereocenters. The highest BCUT2D eigenvalue weighted by atomic mass is 16.5. The van der Waals surface area contributed by atoms with Crippen LogP contribution in [0.2, 0.25) is 0 Å². The Morgan fingerprint density at radius 2 is 1.87 bits per heavy atom. The van der Waals surface area contributed by atoms with Crippen LogP contribution in [-0.2, 0) is 14.3 Å². The monoisotopic (exact) mass is 529 g/mol. The first-order valence-corrected chi connectivity index (χ1v) is 13.7. The van der Waals surface area contributed by atoms with E-state index in [1.165, 1.54) is 0 Å². The minimum atomic E-state index is -0.854. The van der Waals surface area contributed by atoms with Gasteiger partial charge in [-0.1, -0.05) is 53.7 Å². The lowest BCUT2D eigenvalue weighted by molar-refractivity contribution is -0.146. The SMILES string of the molecule is C=C1CC(NC(=O)C(CC)N(C(=O)C(NC(=O)c2cccc(OC)c2C)C(C)(C)C)C(C)C)C(CCC)O1. The van der Waals surface area contributed by atoms with Gasteiger partial charge in [-0.15, -0.1) is 0 Å². The van der Waals surface area contributed by atoms with Crippen LogP contribution in [0.1, 0.15) is 90.1 Å². The first kappa shape index (κ1) is 31.2. The third-order valence-corrected chi connectivity index (χ3v) is 7.09. The van der Waals surface area contributed by atoms with Crippen LogP contribution in [0.3, 0.4) is 0 Å². The second kappa shape index (κ2) is 13.2. The van der Waals surface area contributed by atoms with Crippen LogP contribution in [0.4, 0.5) is 0 Å². The summed E-state index contributed by atoms with van der Waals surface area (Å²) in [5, 5.41) is 6.10. The van der Waals surface area contributed by atoms with Gasteiger partial charge in [-0.05, 0) is 51.2 Å². The Bertz CT molecular complexity index is 1010. The fraction of sp³-hybridized carbons (Fsp3) is 0.633. The summed E-state index contributed by atoms with van der Waals surface area (Å²) in [4.78, 5) is 42.7. The molecule has 0 spiro atoms. The molecule has 1 saturated heterocycles. The molecule has 1 aliphatic rings. The fourth-order valence-electron chi connectivity index (χ4n) is 5.05. The Balaban J connectivity index is 2.34. The van der Waals surface area contributed by atoms with Crippen molar-refractivity contribution >= 4 is 17.7 Å². The molecule has 38 heavy (non-hydrogen) atoms. The molecule has 8 nitrogen and oxygen atoms in total. The summed E-state index contributed by atoms with van der Waals surface area (Å²) in [7, 11) is 1.56. The zero-order chi connectivity index (χ0) is 28.8. The van der Waals surface area contributed by atoms with E-state index in [-0.39, 0.29) is 35.9 Å². The van der Waals surface area contributed by atoms with Crippen LogP contribution in [0.25, 0.3) is 0 Å². The van der Waals surface area contributed by atoms with E-state index in [0.717, 1.165) is 12.8 Å². The van der Waals surface area contributed by atoms with E-state index in [4.69, 9.17) is 9.47 Å². The van der Waals surface area contributed by atoms with Crippen molar-refractivity contribution < 1.29 is 23.9 Å². The molecule has 212 valence electrons. The van der Waals surface area contributed by atoms with Gasteiger partial charge in [0.1, 0.15) is 23.9 Å². The molecule has 4 unspecified atom stereocenters. The number of hydrogen-bond acceptors (Lipinski definition) is 5. The van der Waals surface area contributed by atoms with Gasteiger partial charge >= 0.3 is 0 Å². The highest BCUT2D eigenvalue weighted by Gasteiger charge is 2.42. The van der Waals surface area contributed by atoms with Crippen molar-refractivity contribution in [2.45, 2.75) is 111 Å². The third kappa shape index (κ3) is 7.29. The molecule has 0 bridgehead atoms. The van der Waals surface area contributed by atoms with Gasteiger partial charge in [0.25, 0.3) is 5.91 Å². The Hall–Kier alpha value is -3.03. The summed E-state index contributed by atoms with van der Waals surface area (Å²) in [6.07, 6.45) is 2.61. The summed E-state index contributed by atoms with van der Waals surface area (Å²) in [6, 6.07) is 3.26. The minimum absolute atomic E-state index is 0.120. The van der Waals surface area contributed by atoms with Gasteiger partial charge < -0.3 is 25.0 Å². The number of rotatable bonds is 11. The Morgan fingerprint density at radius 3 is 2.39 bits per heavy atom. The van der Waals surface area contributed by atoms with E-state index in [2.05, 4.69) is 24.1 Å². The molecular formula is C30H47N3O5. The molecule has 8 heteroatoms. The molecule has 1 heterocycles. The summed E-state index contributed by atoms with van der Waals surface area (Å²) >= 11 is 0. The molecule has 1 aromatic carbocycles. The van der Waals surface area contributed by atoms with Crippen molar-refractivity contribution in [1.82, 2.24) is 15.5 Å². The lowest BCUT2D eigenvalue weighted by Crippen LogP contribution is -2.61. The molecule has 2 rings (SSSR count). The highest BCUT2D eigenvalue weighted by molar-refractivity contribution is 6.00. The Labute approximate surface area is 228 Å². The highest BCUT2D eigenvalue weighted by Crippen LogP contribution is 2.28. The maximum atomic E-state index is 14.1. The van der Waals surface area contributed by atoms with Gasteiger partial charge in [0.15, 0.2) is 0 Å². The number of ether oxygens (including phenoxy) is 2. The topological polar surface area (TPSA) is 97.0 Å². The third-order valence-electron chi connectivity index (χ3n) is 7.09. The molecule has 1 aromatic rings. The van der Waals surface area contributed by atoms with Gasteiger partial charge in [-0.25, -0.2) is 0 Å². The van der Waals surface area contributed by atoms with Gasteiger partial charge in [0, 0.05) is 23.6 Å². The van der Waals surface area contributed by atoms with E-state index in [1.807, 2.05) is 48.5 Å². The number of benzene rings is 1. The average Bonchev–Trinajstić information content (AvgIpc) is 3.17. The fourth-order valence-corrected chi connectivity index (χ4v) is 5.05. The number of carbonyl (C=O) groups excluding carboxylic acids is 3. The zero-order valence-electron chi connectivity index (χ0n) is 24.6. The van der Waals surface area contributed by atoms with Crippen molar-refractivity contribution in [2.24, 2.45) is 5.41 Å². The number of carbonyl (C=O) groups is 3. The van der Waals surface area contributed by atoms with Crippen molar-refractivity contribution in [3.05, 3.63) is 41.7 Å². The maximum absolute atomic E-state index is 14.1. The number of amides is 3. The molecule has 1 fully saturated rings. The van der Waals surface area contributed by atoms with E-state index in [0.29, 0.717) is 35.5 Å². The van der Waals surface area contributed by atoms with Gasteiger partial charge in [0.2, 0.25) is 11.8 Å². The van der Waals surface area contributed by atoms with Crippen molar-refractivity contribution in [3.8, 4) is 5.75 Å². The van der Waals surface area contributed by atoms with Crippen LogP contribution < -0.4 is 15.4 Å². The van der Waals surface area contributed by atoms with E-state index in [1.54, 1.807) is 30.2 Å². The predicted molar refractivity (Wildman–Crippen MR) is 150 cm³/mol. The Kier molecular flexibility index (Phi) is 10.8. The number of methoxy groups -OCH3 is 1. The van der Waals surface area contributed by atoms with E-state index < -0.39 is 17.5 Å². The minimum Gasteiger partial charge on any atom is -0.496 e. The lowest BCUT2D eigenvalue weighted by Gasteiger charge is -2.40. The first-order valence-electron chi connectivity index (χ1n) is 13.7. The van der Waals surface area contributed by atoms with Crippen LogP contribution in [0, 0.1) is 12.3 Å². The molecule has 0 aliphatic carbocycles. The molecule has 3 amide bonds. The predicted octanol–water partition coefficient (Wildman–Crippen LogP) is 4.75. The van der Waals surface area contributed by atoms with Crippen molar-refractivity contribution in [1.29, 1.82) is 0 Å². The Morgan fingerprint density at radius 1 is 1.21 bits per heavy atom. The van der Waals surface area contributed by atoms with Crippen LogP contribution in [0.15, 0.2) is 30.5 Å². The summed E-state index contributed by atoms with van der Waals surface area (Å²) in [5.41, 5.74) is 0.530. The quantitative estimate of drug-likeness (QED) is 0.431. The number of nitrogens with zero attached hydrogens (tertiary/aromatic N) is 1. The summed E-state index contributed by atoms with van der Waals surface area (Å²) in [6.45, 7) is 19.2. The zero-order valence-corrected chi connectivity index (χ0v) is 24.6. The smallest absolute Gasteiger partial charge is 0.252 e. The standard InChI is InChI=1S/C30H47N3O5/c1-11-14-25-22(17-19(5)38-25)31-28(35)23(12-2)33(18(3)4)29(36)26(30(7,8)9)32-27(34)21-15-13-16-24(37-10)20(21)6/h13,15-16,18,22-23,25-26H,5,11-12,14,17H2,1-4,6-10H3,(H,31,35)(H,32,34). The lowest BCUT2D eigenvalue weighted by atomic mass is 9.84. The van der Waals surface area contributed by atoms with Gasteiger partial charge in [-0.3, -0.25) is 14.4 Å². The molecule has 2 N–H and O–H groups in total. The second-order valence-corrected chi connectivity index (χ2v) is 11.5. The second-order valence-electron chi connectivity index (χ2n) is 11.5. The number of hydrogen-bond donors (Lipinski definition) is 2. The average molecular weight is 530 g/mol. The van der Waals surface area contributed by atoms with Crippen LogP contribution in [-0.4, -0.2) is 60.0 Å². The number of nitrogens with one attached hydrogen (secondary N) is 2. The maximum Gasteiger partial charge on any atom is 0.252 e.